The first-order valence-corrected chi connectivity index (χ1v) is 9.17. The molecule has 2 heterocycles. The molecule has 2 saturated heterocycles. The average molecular weight is 309 g/mol. The molecule has 0 saturated carbocycles. The monoisotopic (exact) mass is 309 g/mol. The van der Waals surface area contributed by atoms with Crippen LogP contribution in [0.25, 0.3) is 0 Å². The van der Waals surface area contributed by atoms with Gasteiger partial charge in [-0.25, -0.2) is 13.1 Å². The maximum atomic E-state index is 12.1. The van der Waals surface area contributed by atoms with Crippen molar-refractivity contribution < 1.29 is 8.42 Å². The van der Waals surface area contributed by atoms with Crippen LogP contribution < -0.4 is 14.9 Å². The molecular formula is C15H23N3O2S. The number of rotatable bonds is 5. The van der Waals surface area contributed by atoms with Gasteiger partial charge in [-0.3, -0.25) is 0 Å². The Kier molecular flexibility index (Phi) is 4.19. The Balaban J connectivity index is 1.75. The molecule has 1 aromatic rings. The second-order valence-corrected chi connectivity index (χ2v) is 7.63. The average Bonchev–Trinajstić information content (AvgIpc) is 3.08. The molecule has 2 fully saturated rings. The van der Waals surface area contributed by atoms with Crippen LogP contribution in [0, 0.1) is 5.92 Å². The summed E-state index contributed by atoms with van der Waals surface area (Å²) < 4.78 is 26.7. The van der Waals surface area contributed by atoms with E-state index in [4.69, 9.17) is 0 Å². The van der Waals surface area contributed by atoms with Crippen LogP contribution in [-0.2, 0) is 10.0 Å². The van der Waals surface area contributed by atoms with Crippen LogP contribution in [0.2, 0.25) is 0 Å². The molecule has 0 bridgehead atoms. The van der Waals surface area contributed by atoms with Gasteiger partial charge in [0.05, 0.1) is 4.90 Å². The topological polar surface area (TPSA) is 61.4 Å². The largest absolute Gasteiger partial charge is 0.367 e. The number of hydrogen-bond donors (Lipinski definition) is 2. The molecule has 0 aliphatic carbocycles. The third-order valence-corrected chi connectivity index (χ3v) is 5.94. The van der Waals surface area contributed by atoms with Gasteiger partial charge in [-0.15, -0.1) is 0 Å². The number of hydrogen-bond acceptors (Lipinski definition) is 4. The summed E-state index contributed by atoms with van der Waals surface area (Å²) >= 11 is 0. The molecular weight excluding hydrogens is 286 g/mol. The van der Waals surface area contributed by atoms with E-state index in [1.807, 2.05) is 19.1 Å². The molecule has 2 aliphatic heterocycles. The first-order chi connectivity index (χ1) is 10.1. The zero-order valence-corrected chi connectivity index (χ0v) is 13.2. The fourth-order valence-electron chi connectivity index (χ4n) is 3.31. The highest BCUT2D eigenvalue weighted by molar-refractivity contribution is 7.89. The van der Waals surface area contributed by atoms with Gasteiger partial charge in [0.2, 0.25) is 10.0 Å². The molecule has 1 aromatic carbocycles. The lowest BCUT2D eigenvalue weighted by Gasteiger charge is -2.25. The molecule has 2 atom stereocenters. The Morgan fingerprint density at radius 3 is 2.76 bits per heavy atom. The maximum Gasteiger partial charge on any atom is 0.240 e. The maximum absolute atomic E-state index is 12.1. The Morgan fingerprint density at radius 2 is 2.05 bits per heavy atom. The second kappa shape index (κ2) is 5.94. The SMILES string of the molecule is CCCNS(=O)(=O)c1ccc(N2CC[C@H]3CNC[C@H]32)cc1. The van der Waals surface area contributed by atoms with E-state index in [9.17, 15) is 8.42 Å². The highest BCUT2D eigenvalue weighted by Gasteiger charge is 2.37. The number of anilines is 1. The van der Waals surface area contributed by atoms with E-state index in [0.29, 0.717) is 17.5 Å². The lowest BCUT2D eigenvalue weighted by molar-refractivity contribution is 0.578. The molecule has 2 N–H and O–H groups in total. The minimum atomic E-state index is -3.36. The van der Waals surface area contributed by atoms with E-state index in [1.165, 1.54) is 6.42 Å². The van der Waals surface area contributed by atoms with Gasteiger partial charge < -0.3 is 10.2 Å². The number of nitrogens with zero attached hydrogens (tertiary/aromatic N) is 1. The Hall–Kier alpha value is -1.11. The Bertz CT molecular complexity index is 585. The van der Waals surface area contributed by atoms with Crippen molar-refractivity contribution >= 4 is 15.7 Å². The summed E-state index contributed by atoms with van der Waals surface area (Å²) in [6.07, 6.45) is 2.01. The summed E-state index contributed by atoms with van der Waals surface area (Å²) in [6.45, 7) is 5.63. The van der Waals surface area contributed by atoms with Gasteiger partial charge in [0.1, 0.15) is 0 Å². The first-order valence-electron chi connectivity index (χ1n) is 7.69. The molecule has 0 amide bonds. The molecule has 5 nitrogen and oxygen atoms in total. The molecule has 6 heteroatoms. The third-order valence-electron chi connectivity index (χ3n) is 4.47. The Morgan fingerprint density at radius 1 is 1.29 bits per heavy atom. The van der Waals surface area contributed by atoms with Gasteiger partial charge in [-0.2, -0.15) is 0 Å². The number of benzene rings is 1. The van der Waals surface area contributed by atoms with Crippen LogP contribution >= 0.6 is 0 Å². The standard InChI is InChI=1S/C15H23N3O2S/c1-2-8-17-21(19,20)14-5-3-13(4-6-14)18-9-7-12-10-16-11-15(12)18/h3-6,12,15-17H,2,7-11H2,1H3/t12-,15+/m0/s1. The summed E-state index contributed by atoms with van der Waals surface area (Å²) in [5, 5.41) is 3.44. The van der Waals surface area contributed by atoms with E-state index in [2.05, 4.69) is 14.9 Å². The van der Waals surface area contributed by atoms with Crippen molar-refractivity contribution in [2.24, 2.45) is 5.92 Å². The van der Waals surface area contributed by atoms with Gasteiger partial charge in [-0.1, -0.05) is 6.92 Å². The van der Waals surface area contributed by atoms with Crippen molar-refractivity contribution in [1.29, 1.82) is 0 Å². The van der Waals surface area contributed by atoms with Crippen molar-refractivity contribution in [2.45, 2.75) is 30.7 Å². The lowest BCUT2D eigenvalue weighted by Crippen LogP contribution is -2.34. The fourth-order valence-corrected chi connectivity index (χ4v) is 4.44. The molecule has 3 rings (SSSR count). The molecule has 0 radical (unpaired) electrons. The number of fused-ring (bicyclic) bond motifs is 1. The molecule has 0 spiro atoms. The second-order valence-electron chi connectivity index (χ2n) is 5.86. The zero-order valence-electron chi connectivity index (χ0n) is 12.4. The summed E-state index contributed by atoms with van der Waals surface area (Å²) in [5.74, 6) is 0.736. The van der Waals surface area contributed by atoms with Gasteiger partial charge >= 0.3 is 0 Å². The van der Waals surface area contributed by atoms with Gasteiger partial charge in [0.25, 0.3) is 0 Å². The zero-order chi connectivity index (χ0) is 14.9. The van der Waals surface area contributed by atoms with Crippen molar-refractivity contribution in [2.75, 3.05) is 31.1 Å². The highest BCUT2D eigenvalue weighted by atomic mass is 32.2. The van der Waals surface area contributed by atoms with Gasteiger partial charge in [0, 0.05) is 37.9 Å². The minimum absolute atomic E-state index is 0.347. The predicted octanol–water partition coefficient (Wildman–Crippen LogP) is 1.17. The van der Waals surface area contributed by atoms with Crippen LogP contribution in [0.5, 0.6) is 0 Å². The quantitative estimate of drug-likeness (QED) is 0.857. The lowest BCUT2D eigenvalue weighted by atomic mass is 10.1. The van der Waals surface area contributed by atoms with Crippen molar-refractivity contribution in [3.63, 3.8) is 0 Å². The third kappa shape index (κ3) is 2.93. The summed E-state index contributed by atoms with van der Waals surface area (Å²) in [4.78, 5) is 2.75. The van der Waals surface area contributed by atoms with Crippen LogP contribution in [0.1, 0.15) is 19.8 Å². The summed E-state index contributed by atoms with van der Waals surface area (Å²) in [5.41, 5.74) is 1.13. The fraction of sp³-hybridized carbons (Fsp3) is 0.600. The van der Waals surface area contributed by atoms with Gasteiger partial charge in [-0.05, 0) is 43.0 Å². The Labute approximate surface area is 126 Å². The van der Waals surface area contributed by atoms with E-state index in [-0.39, 0.29) is 0 Å². The van der Waals surface area contributed by atoms with Crippen molar-refractivity contribution in [3.05, 3.63) is 24.3 Å². The van der Waals surface area contributed by atoms with E-state index < -0.39 is 10.0 Å². The van der Waals surface area contributed by atoms with Crippen LogP contribution in [0.15, 0.2) is 29.2 Å². The van der Waals surface area contributed by atoms with Crippen molar-refractivity contribution in [1.82, 2.24) is 10.0 Å². The van der Waals surface area contributed by atoms with Crippen molar-refractivity contribution in [3.8, 4) is 0 Å². The van der Waals surface area contributed by atoms with Crippen LogP contribution in [0.4, 0.5) is 5.69 Å². The molecule has 2 aliphatic rings. The minimum Gasteiger partial charge on any atom is -0.367 e. The summed E-state index contributed by atoms with van der Waals surface area (Å²) in [7, 11) is -3.36. The molecule has 21 heavy (non-hydrogen) atoms. The molecule has 0 unspecified atom stereocenters. The number of sulfonamides is 1. The summed E-state index contributed by atoms with van der Waals surface area (Å²) in [6, 6.07) is 7.85. The number of nitrogens with one attached hydrogen (secondary N) is 2. The van der Waals surface area contributed by atoms with E-state index in [0.717, 1.165) is 37.7 Å². The van der Waals surface area contributed by atoms with Crippen LogP contribution in [-0.4, -0.2) is 40.6 Å². The predicted molar refractivity (Wildman–Crippen MR) is 84.0 cm³/mol. The highest BCUT2D eigenvalue weighted by Crippen LogP contribution is 2.32. The van der Waals surface area contributed by atoms with E-state index >= 15 is 0 Å². The smallest absolute Gasteiger partial charge is 0.240 e. The van der Waals surface area contributed by atoms with Crippen LogP contribution in [0.3, 0.4) is 0 Å². The van der Waals surface area contributed by atoms with E-state index in [1.54, 1.807) is 12.1 Å². The normalized spacial score (nSPS) is 25.3. The first kappa shape index (κ1) is 14.8. The molecule has 0 aromatic heterocycles. The molecule has 116 valence electrons. The van der Waals surface area contributed by atoms with Gasteiger partial charge in [0.15, 0.2) is 0 Å².